The van der Waals surface area contributed by atoms with Crippen molar-refractivity contribution < 1.29 is 24.4 Å². The Hall–Kier alpha value is -0.200. The molecule has 0 aromatic heterocycles. The topological polar surface area (TPSA) is 68.2 Å². The van der Waals surface area contributed by atoms with Gasteiger partial charge in [0.25, 0.3) is 0 Å². The van der Waals surface area contributed by atoms with E-state index in [2.05, 4.69) is 0 Å². The zero-order chi connectivity index (χ0) is 13.2. The van der Waals surface area contributed by atoms with Gasteiger partial charge in [-0.15, -0.1) is 0 Å². The van der Waals surface area contributed by atoms with Gasteiger partial charge >= 0.3 is 0 Å². The second-order valence-corrected chi connectivity index (χ2v) is 5.27. The van der Waals surface area contributed by atoms with Crippen molar-refractivity contribution in [3.63, 3.8) is 0 Å². The lowest BCUT2D eigenvalue weighted by Crippen LogP contribution is -2.61. The fourth-order valence-corrected chi connectivity index (χ4v) is 1.99. The fraction of sp³-hybridized carbons (Fsp3) is 1.00. The molecule has 0 amide bonds. The molecule has 4 atom stereocenters. The molecule has 0 aliphatic carbocycles. The summed E-state index contributed by atoms with van der Waals surface area (Å²) in [7, 11) is 1.55. The van der Waals surface area contributed by atoms with Gasteiger partial charge in [0.15, 0.2) is 0 Å². The van der Waals surface area contributed by atoms with Gasteiger partial charge in [0.1, 0.15) is 24.4 Å². The van der Waals surface area contributed by atoms with E-state index >= 15 is 0 Å². The second kappa shape index (κ2) is 5.63. The molecule has 102 valence electrons. The first-order valence-electron chi connectivity index (χ1n) is 5.98. The molecule has 0 saturated carbocycles. The molecule has 5 heteroatoms. The highest BCUT2D eigenvalue weighted by Gasteiger charge is 2.46. The van der Waals surface area contributed by atoms with Crippen molar-refractivity contribution in [3.8, 4) is 0 Å². The smallest absolute Gasteiger partial charge is 0.114 e. The van der Waals surface area contributed by atoms with E-state index in [-0.39, 0.29) is 12.7 Å². The van der Waals surface area contributed by atoms with Gasteiger partial charge in [-0.2, -0.15) is 0 Å². The van der Waals surface area contributed by atoms with Gasteiger partial charge in [-0.1, -0.05) is 0 Å². The monoisotopic (exact) mass is 248 g/mol. The fourth-order valence-electron chi connectivity index (χ4n) is 1.99. The Balaban J connectivity index is 2.68. The molecule has 2 N–H and O–H groups in total. The second-order valence-electron chi connectivity index (χ2n) is 5.27. The SMILES string of the molecule is COC(C)(C)C1OC[C@@H](OC(C)C)C(O)[C@@H]1O. The molecule has 1 fully saturated rings. The zero-order valence-electron chi connectivity index (χ0n) is 11.2. The van der Waals surface area contributed by atoms with Gasteiger partial charge in [0.2, 0.25) is 0 Å². The minimum Gasteiger partial charge on any atom is -0.388 e. The van der Waals surface area contributed by atoms with Gasteiger partial charge in [0.05, 0.1) is 18.3 Å². The summed E-state index contributed by atoms with van der Waals surface area (Å²) in [6.45, 7) is 7.65. The molecule has 1 aliphatic heterocycles. The molecule has 1 rings (SSSR count). The van der Waals surface area contributed by atoms with E-state index in [0.717, 1.165) is 0 Å². The third-order valence-corrected chi connectivity index (χ3v) is 3.14. The van der Waals surface area contributed by atoms with E-state index in [1.54, 1.807) is 7.11 Å². The zero-order valence-corrected chi connectivity index (χ0v) is 11.2. The maximum Gasteiger partial charge on any atom is 0.114 e. The van der Waals surface area contributed by atoms with E-state index in [1.165, 1.54) is 0 Å². The average Bonchev–Trinajstić information content (AvgIpc) is 2.24. The summed E-state index contributed by atoms with van der Waals surface area (Å²) in [6, 6.07) is 0. The van der Waals surface area contributed by atoms with Crippen molar-refractivity contribution in [2.45, 2.75) is 63.8 Å². The maximum absolute atomic E-state index is 10.1. The minimum atomic E-state index is -1.01. The summed E-state index contributed by atoms with van der Waals surface area (Å²) in [4.78, 5) is 0. The number of hydrogen-bond acceptors (Lipinski definition) is 5. The normalized spacial score (nSPS) is 35.3. The van der Waals surface area contributed by atoms with Crippen LogP contribution in [0.2, 0.25) is 0 Å². The third-order valence-electron chi connectivity index (χ3n) is 3.14. The summed E-state index contributed by atoms with van der Waals surface area (Å²) in [6.07, 6.45) is -3.03. The largest absolute Gasteiger partial charge is 0.388 e. The summed E-state index contributed by atoms with van der Waals surface area (Å²) < 4.78 is 16.3. The van der Waals surface area contributed by atoms with Gasteiger partial charge < -0.3 is 24.4 Å². The lowest BCUT2D eigenvalue weighted by Gasteiger charge is -2.44. The molecule has 17 heavy (non-hydrogen) atoms. The molecule has 0 radical (unpaired) electrons. The highest BCUT2D eigenvalue weighted by molar-refractivity contribution is 4.95. The van der Waals surface area contributed by atoms with Crippen LogP contribution in [0.5, 0.6) is 0 Å². The molecule has 2 unspecified atom stereocenters. The van der Waals surface area contributed by atoms with Crippen molar-refractivity contribution in [2.75, 3.05) is 13.7 Å². The van der Waals surface area contributed by atoms with Crippen molar-refractivity contribution in [1.82, 2.24) is 0 Å². The van der Waals surface area contributed by atoms with Gasteiger partial charge in [-0.3, -0.25) is 0 Å². The minimum absolute atomic E-state index is 0.0163. The molecule has 1 aliphatic rings. The number of aliphatic hydroxyl groups excluding tert-OH is 2. The molecule has 1 heterocycles. The van der Waals surface area contributed by atoms with Crippen molar-refractivity contribution in [3.05, 3.63) is 0 Å². The van der Waals surface area contributed by atoms with Crippen LogP contribution in [0.3, 0.4) is 0 Å². The standard InChI is InChI=1S/C12H24O5/c1-7(2)17-8-6-16-11(10(14)9(8)13)12(3,4)15-5/h7-11,13-14H,6H2,1-5H3/t8-,9?,10+,11?/m1/s1. The first kappa shape index (κ1) is 14.9. The summed E-state index contributed by atoms with van der Waals surface area (Å²) in [5, 5.41) is 20.1. The maximum atomic E-state index is 10.1. The molecular weight excluding hydrogens is 224 g/mol. The van der Waals surface area contributed by atoms with Crippen LogP contribution in [-0.4, -0.2) is 60.1 Å². The predicted molar refractivity (Wildman–Crippen MR) is 62.9 cm³/mol. The quantitative estimate of drug-likeness (QED) is 0.750. The summed E-state index contributed by atoms with van der Waals surface area (Å²) in [5.74, 6) is 0. The van der Waals surface area contributed by atoms with Crippen LogP contribution in [0.25, 0.3) is 0 Å². The van der Waals surface area contributed by atoms with Gasteiger partial charge in [0, 0.05) is 7.11 Å². The summed E-state index contributed by atoms with van der Waals surface area (Å²) >= 11 is 0. The predicted octanol–water partition coefficient (Wildman–Crippen LogP) is 0.326. The molecular formula is C12H24O5. The van der Waals surface area contributed by atoms with Crippen LogP contribution in [0.4, 0.5) is 0 Å². The molecule has 1 saturated heterocycles. The highest BCUT2D eigenvalue weighted by Crippen LogP contribution is 2.28. The molecule has 0 bridgehead atoms. The number of methoxy groups -OCH3 is 1. The van der Waals surface area contributed by atoms with E-state index in [9.17, 15) is 10.2 Å². The van der Waals surface area contributed by atoms with E-state index < -0.39 is 30.0 Å². The first-order chi connectivity index (χ1) is 7.79. The Morgan fingerprint density at radius 3 is 2.29 bits per heavy atom. The van der Waals surface area contributed by atoms with Crippen LogP contribution >= 0.6 is 0 Å². The molecule has 5 nitrogen and oxygen atoms in total. The van der Waals surface area contributed by atoms with E-state index in [4.69, 9.17) is 14.2 Å². The molecule has 0 aromatic carbocycles. The van der Waals surface area contributed by atoms with Crippen LogP contribution < -0.4 is 0 Å². The molecule has 0 spiro atoms. The third kappa shape index (κ3) is 3.39. The number of aliphatic hydroxyl groups is 2. The van der Waals surface area contributed by atoms with Gasteiger partial charge in [-0.05, 0) is 27.7 Å². The highest BCUT2D eigenvalue weighted by atomic mass is 16.6. The van der Waals surface area contributed by atoms with Crippen molar-refractivity contribution in [1.29, 1.82) is 0 Å². The lowest BCUT2D eigenvalue weighted by atomic mass is 9.89. The van der Waals surface area contributed by atoms with E-state index in [1.807, 2.05) is 27.7 Å². The van der Waals surface area contributed by atoms with Crippen molar-refractivity contribution >= 4 is 0 Å². The average molecular weight is 248 g/mol. The van der Waals surface area contributed by atoms with Crippen LogP contribution in [0.1, 0.15) is 27.7 Å². The Labute approximate surface area is 103 Å². The Morgan fingerprint density at radius 2 is 1.82 bits per heavy atom. The number of ether oxygens (including phenoxy) is 3. The first-order valence-corrected chi connectivity index (χ1v) is 5.98. The Kier molecular flexibility index (Phi) is 4.92. The van der Waals surface area contributed by atoms with Gasteiger partial charge in [-0.25, -0.2) is 0 Å². The summed E-state index contributed by atoms with van der Waals surface area (Å²) in [5.41, 5.74) is -0.650. The van der Waals surface area contributed by atoms with Crippen molar-refractivity contribution in [2.24, 2.45) is 0 Å². The van der Waals surface area contributed by atoms with Crippen LogP contribution in [0.15, 0.2) is 0 Å². The Bertz CT molecular complexity index is 241. The Morgan fingerprint density at radius 1 is 1.24 bits per heavy atom. The van der Waals surface area contributed by atoms with Crippen LogP contribution in [0, 0.1) is 0 Å². The number of hydrogen-bond donors (Lipinski definition) is 2. The number of rotatable bonds is 4. The molecule has 0 aromatic rings. The van der Waals surface area contributed by atoms with Crippen LogP contribution in [-0.2, 0) is 14.2 Å². The lowest BCUT2D eigenvalue weighted by molar-refractivity contribution is -0.248. The van der Waals surface area contributed by atoms with E-state index in [0.29, 0.717) is 0 Å².